The molecule has 1 unspecified atom stereocenters. The Morgan fingerprint density at radius 3 is 2.37 bits per heavy atom. The summed E-state index contributed by atoms with van der Waals surface area (Å²) >= 11 is 5.94. The highest BCUT2D eigenvalue weighted by atomic mass is 35.5. The number of halogens is 2. The van der Waals surface area contributed by atoms with Gasteiger partial charge in [-0.15, -0.1) is 10.2 Å². The van der Waals surface area contributed by atoms with E-state index in [4.69, 9.17) is 11.6 Å². The van der Waals surface area contributed by atoms with Crippen LogP contribution in [0.2, 0.25) is 5.02 Å². The molecule has 10 heteroatoms. The van der Waals surface area contributed by atoms with Crippen molar-refractivity contribution in [3.05, 3.63) is 58.6 Å². The number of piperidine rings is 1. The zero-order valence-corrected chi connectivity index (χ0v) is 20.7. The Kier molecular flexibility index (Phi) is 6.60. The molecule has 2 saturated heterocycles. The monoisotopic (exact) mass is 497 g/mol. The van der Waals surface area contributed by atoms with Gasteiger partial charge in [0.15, 0.2) is 11.6 Å². The second-order valence-electron chi connectivity index (χ2n) is 9.28. The Balaban J connectivity index is 1.19. The first-order chi connectivity index (χ1) is 16.9. The zero-order chi connectivity index (χ0) is 24.5. The van der Waals surface area contributed by atoms with Crippen LogP contribution in [-0.2, 0) is 4.79 Å². The van der Waals surface area contributed by atoms with Crippen LogP contribution in [0.3, 0.4) is 0 Å². The number of amides is 1. The fraction of sp³-hybridized carbons (Fsp3) is 0.440. The van der Waals surface area contributed by atoms with Crippen molar-refractivity contribution in [2.45, 2.75) is 26.7 Å². The van der Waals surface area contributed by atoms with E-state index < -0.39 is 5.82 Å². The lowest BCUT2D eigenvalue weighted by molar-refractivity contribution is -0.136. The van der Waals surface area contributed by atoms with Crippen molar-refractivity contribution in [1.29, 1.82) is 0 Å². The molecule has 2 aromatic heterocycles. The third kappa shape index (κ3) is 4.96. The van der Waals surface area contributed by atoms with Crippen LogP contribution in [0.1, 0.15) is 24.2 Å². The van der Waals surface area contributed by atoms with Crippen LogP contribution >= 0.6 is 11.6 Å². The van der Waals surface area contributed by atoms with Crippen molar-refractivity contribution in [2.75, 3.05) is 49.1 Å². The molecule has 1 aromatic carbocycles. The normalized spacial score (nSPS) is 18.7. The van der Waals surface area contributed by atoms with Gasteiger partial charge >= 0.3 is 0 Å². The maximum absolute atomic E-state index is 13.5. The summed E-state index contributed by atoms with van der Waals surface area (Å²) in [5.41, 5.74) is 2.83. The summed E-state index contributed by atoms with van der Waals surface area (Å²) in [6.07, 6.45) is 1.81. The van der Waals surface area contributed by atoms with Gasteiger partial charge in [0.1, 0.15) is 5.82 Å². The Morgan fingerprint density at radius 1 is 0.971 bits per heavy atom. The molecule has 5 rings (SSSR count). The number of hydrogen-bond donors (Lipinski definition) is 0. The molecule has 35 heavy (non-hydrogen) atoms. The number of aryl methyl sites for hydroxylation is 2. The highest BCUT2D eigenvalue weighted by Crippen LogP contribution is 2.26. The fourth-order valence-corrected chi connectivity index (χ4v) is 5.15. The number of anilines is 2. The summed E-state index contributed by atoms with van der Waals surface area (Å²) in [6.45, 7) is 8.12. The maximum atomic E-state index is 13.5. The minimum Gasteiger partial charge on any atom is -0.368 e. The Bertz CT molecular complexity index is 1210. The lowest BCUT2D eigenvalue weighted by Crippen LogP contribution is -2.52. The van der Waals surface area contributed by atoms with Crippen LogP contribution in [0.15, 0.2) is 36.4 Å². The third-order valence-corrected chi connectivity index (χ3v) is 7.11. The first-order valence-corrected chi connectivity index (χ1v) is 12.4. The predicted octanol–water partition coefficient (Wildman–Crippen LogP) is 3.64. The van der Waals surface area contributed by atoms with Gasteiger partial charge in [-0.1, -0.05) is 11.6 Å². The van der Waals surface area contributed by atoms with Crippen LogP contribution in [0.4, 0.5) is 15.9 Å². The van der Waals surface area contributed by atoms with Gasteiger partial charge in [-0.3, -0.25) is 4.79 Å². The summed E-state index contributed by atoms with van der Waals surface area (Å²) < 4.78 is 15.3. The lowest BCUT2D eigenvalue weighted by Gasteiger charge is -2.40. The minimum absolute atomic E-state index is 0.0620. The van der Waals surface area contributed by atoms with E-state index in [1.54, 1.807) is 16.8 Å². The van der Waals surface area contributed by atoms with Crippen LogP contribution < -0.4 is 9.80 Å². The Hall–Kier alpha value is -3.20. The number of carbonyl (C=O) groups is 1. The molecule has 2 aliphatic heterocycles. The summed E-state index contributed by atoms with van der Waals surface area (Å²) in [6, 6.07) is 10.7. The number of nitrogens with zero attached hydrogens (tertiary/aromatic N) is 7. The molecular weight excluding hydrogens is 469 g/mol. The Morgan fingerprint density at radius 2 is 1.71 bits per heavy atom. The van der Waals surface area contributed by atoms with Crippen molar-refractivity contribution in [2.24, 2.45) is 5.92 Å². The molecule has 1 atom stereocenters. The molecule has 4 heterocycles. The van der Waals surface area contributed by atoms with E-state index in [1.807, 2.05) is 36.9 Å². The van der Waals surface area contributed by atoms with E-state index >= 15 is 0 Å². The molecule has 1 amide bonds. The van der Waals surface area contributed by atoms with Crippen LogP contribution in [-0.4, -0.2) is 70.1 Å². The number of benzene rings is 1. The Labute approximate surface area is 209 Å². The largest absolute Gasteiger partial charge is 0.368 e. The van der Waals surface area contributed by atoms with Crippen molar-refractivity contribution in [3.8, 4) is 5.82 Å². The van der Waals surface area contributed by atoms with Crippen molar-refractivity contribution in [3.63, 3.8) is 0 Å². The molecule has 0 radical (unpaired) electrons. The lowest BCUT2D eigenvalue weighted by atomic mass is 9.96. The number of carbonyl (C=O) groups excluding carboxylic acids is 1. The van der Waals surface area contributed by atoms with Crippen LogP contribution in [0.25, 0.3) is 5.82 Å². The van der Waals surface area contributed by atoms with E-state index in [1.165, 1.54) is 6.07 Å². The zero-order valence-electron chi connectivity index (χ0n) is 20.0. The van der Waals surface area contributed by atoms with Crippen LogP contribution in [0, 0.1) is 25.6 Å². The fourth-order valence-electron chi connectivity index (χ4n) is 4.97. The summed E-state index contributed by atoms with van der Waals surface area (Å²) in [7, 11) is 0. The van der Waals surface area contributed by atoms with E-state index in [2.05, 4.69) is 25.1 Å². The molecule has 2 aliphatic rings. The predicted molar refractivity (Wildman–Crippen MR) is 134 cm³/mol. The van der Waals surface area contributed by atoms with Gasteiger partial charge in [-0.05, 0) is 63.1 Å². The van der Waals surface area contributed by atoms with Gasteiger partial charge in [-0.2, -0.15) is 5.10 Å². The topological polar surface area (TPSA) is 70.4 Å². The molecule has 0 spiro atoms. The number of piperazine rings is 1. The first kappa shape index (κ1) is 23.5. The average molecular weight is 498 g/mol. The van der Waals surface area contributed by atoms with Crippen LogP contribution in [0.5, 0.6) is 0 Å². The molecule has 0 N–H and O–H groups in total. The summed E-state index contributed by atoms with van der Waals surface area (Å²) in [5, 5.41) is 13.4. The molecule has 8 nitrogen and oxygen atoms in total. The molecule has 0 saturated carbocycles. The number of rotatable bonds is 4. The smallest absolute Gasteiger partial charge is 0.227 e. The maximum Gasteiger partial charge on any atom is 0.227 e. The van der Waals surface area contributed by atoms with E-state index in [-0.39, 0.29) is 16.8 Å². The second-order valence-corrected chi connectivity index (χ2v) is 9.69. The molecular formula is C25H29ClFN7O. The third-order valence-electron chi connectivity index (χ3n) is 6.82. The quantitative estimate of drug-likeness (QED) is 0.548. The molecule has 184 valence electrons. The van der Waals surface area contributed by atoms with Gasteiger partial charge in [0, 0.05) is 50.6 Å². The highest BCUT2D eigenvalue weighted by Gasteiger charge is 2.31. The molecule has 2 fully saturated rings. The van der Waals surface area contributed by atoms with Gasteiger partial charge in [0.2, 0.25) is 5.91 Å². The second kappa shape index (κ2) is 9.81. The highest BCUT2D eigenvalue weighted by molar-refractivity contribution is 6.31. The van der Waals surface area contributed by atoms with E-state index in [9.17, 15) is 9.18 Å². The summed E-state index contributed by atoms with van der Waals surface area (Å²) in [4.78, 5) is 19.6. The molecule has 3 aromatic rings. The van der Waals surface area contributed by atoms with Crippen molar-refractivity contribution < 1.29 is 9.18 Å². The molecule has 0 bridgehead atoms. The number of aromatic nitrogens is 4. The van der Waals surface area contributed by atoms with E-state index in [0.29, 0.717) is 38.5 Å². The van der Waals surface area contributed by atoms with E-state index in [0.717, 1.165) is 42.3 Å². The number of hydrogen-bond acceptors (Lipinski definition) is 6. The average Bonchev–Trinajstić information content (AvgIpc) is 3.23. The van der Waals surface area contributed by atoms with Gasteiger partial charge in [-0.25, -0.2) is 9.07 Å². The van der Waals surface area contributed by atoms with Crippen molar-refractivity contribution in [1.82, 2.24) is 24.9 Å². The minimum atomic E-state index is -0.419. The standard InChI is InChI=1S/C25H29ClFN7O/c1-17-14-18(2)34(30-17)24-8-7-23(28-29-24)33-9-3-4-19(16-33)25(35)32-12-10-31(11-13-32)20-5-6-22(27)21(26)15-20/h5-8,14-15,19H,3-4,9-13,16H2,1-2H3. The summed E-state index contributed by atoms with van der Waals surface area (Å²) in [5.74, 6) is 1.18. The molecule has 0 aliphatic carbocycles. The van der Waals surface area contributed by atoms with Gasteiger partial charge in [0.05, 0.1) is 16.6 Å². The van der Waals surface area contributed by atoms with Gasteiger partial charge < -0.3 is 14.7 Å². The SMILES string of the molecule is Cc1cc(C)n(-c2ccc(N3CCCC(C(=O)N4CCN(c5ccc(F)c(Cl)c5)CC4)C3)nn2)n1. The first-order valence-electron chi connectivity index (χ1n) is 12.0. The van der Waals surface area contributed by atoms with Gasteiger partial charge in [0.25, 0.3) is 0 Å². The van der Waals surface area contributed by atoms with Crippen molar-refractivity contribution >= 4 is 29.0 Å².